The summed E-state index contributed by atoms with van der Waals surface area (Å²) in [5.74, 6) is 0.113. The Morgan fingerprint density at radius 1 is 1.03 bits per heavy atom. The van der Waals surface area contributed by atoms with Crippen LogP contribution in [0.25, 0.3) is 0 Å². The van der Waals surface area contributed by atoms with Crippen molar-refractivity contribution in [2.75, 3.05) is 58.9 Å². The molecule has 0 bridgehead atoms. The van der Waals surface area contributed by atoms with Crippen LogP contribution in [0.4, 0.5) is 0 Å². The smallest absolute Gasteiger partial charge is 0.287 e. The van der Waals surface area contributed by atoms with E-state index in [9.17, 15) is 14.4 Å². The average Bonchev–Trinajstić information content (AvgIpc) is 3.57. The van der Waals surface area contributed by atoms with Crippen LogP contribution in [0.3, 0.4) is 0 Å². The van der Waals surface area contributed by atoms with E-state index >= 15 is 0 Å². The Morgan fingerprint density at radius 3 is 2.48 bits per heavy atom. The molecule has 0 radical (unpaired) electrons. The number of Topliss-reactive ketones (excluding diaryl/α,β-unsaturated/α-hetero) is 1. The first-order valence-corrected chi connectivity index (χ1v) is 10.9. The van der Waals surface area contributed by atoms with Crippen LogP contribution in [0.15, 0.2) is 35.1 Å². The Bertz CT molecular complexity index is 893. The summed E-state index contributed by atoms with van der Waals surface area (Å²) in [4.78, 5) is 46.2. The van der Waals surface area contributed by atoms with E-state index in [0.29, 0.717) is 30.1 Å². The van der Waals surface area contributed by atoms with Gasteiger partial charge in [0.25, 0.3) is 11.8 Å². The van der Waals surface area contributed by atoms with E-state index < -0.39 is 0 Å². The van der Waals surface area contributed by atoms with Gasteiger partial charge in [-0.25, -0.2) is 0 Å². The Kier molecular flexibility index (Phi) is 6.83. The molecule has 4 rings (SSSR count). The summed E-state index contributed by atoms with van der Waals surface area (Å²) in [6.07, 6.45) is 5.21. The SMILES string of the molecule is O=C(CN1CCN(CCNC(=O)c2ccco2)CC1)c1c[nH]c(C(=O)N2CCCC2)c1. The Balaban J connectivity index is 1.17. The molecule has 2 aromatic heterocycles. The number of likely N-dealkylation sites (tertiary alicyclic amines) is 1. The Hall–Kier alpha value is -2.91. The zero-order chi connectivity index (χ0) is 21.6. The van der Waals surface area contributed by atoms with Gasteiger partial charge in [0.05, 0.1) is 12.8 Å². The highest BCUT2D eigenvalue weighted by molar-refractivity contribution is 6.01. The van der Waals surface area contributed by atoms with Gasteiger partial charge in [-0.1, -0.05) is 0 Å². The summed E-state index contributed by atoms with van der Waals surface area (Å²) in [5, 5.41) is 2.85. The Morgan fingerprint density at radius 2 is 1.77 bits per heavy atom. The van der Waals surface area contributed by atoms with E-state index in [2.05, 4.69) is 20.1 Å². The van der Waals surface area contributed by atoms with E-state index in [1.807, 2.05) is 4.90 Å². The predicted molar refractivity (Wildman–Crippen MR) is 114 cm³/mol. The summed E-state index contributed by atoms with van der Waals surface area (Å²) >= 11 is 0. The molecule has 2 aliphatic rings. The number of carbonyl (C=O) groups excluding carboxylic acids is 3. The van der Waals surface area contributed by atoms with E-state index in [1.165, 1.54) is 6.26 Å². The number of carbonyl (C=O) groups is 3. The summed E-state index contributed by atoms with van der Waals surface area (Å²) < 4.78 is 5.08. The topological polar surface area (TPSA) is 102 Å². The van der Waals surface area contributed by atoms with Gasteiger partial charge in [0.15, 0.2) is 11.5 Å². The van der Waals surface area contributed by atoms with Crippen LogP contribution in [0.1, 0.15) is 44.2 Å². The number of furan rings is 1. The maximum absolute atomic E-state index is 12.7. The molecule has 2 fully saturated rings. The molecule has 0 atom stereocenters. The second kappa shape index (κ2) is 9.93. The van der Waals surface area contributed by atoms with Crippen LogP contribution in [0.5, 0.6) is 0 Å². The summed E-state index contributed by atoms with van der Waals surface area (Å²) in [6.45, 7) is 6.51. The van der Waals surface area contributed by atoms with Gasteiger partial charge in [-0.2, -0.15) is 0 Å². The monoisotopic (exact) mass is 427 g/mol. The lowest BCUT2D eigenvalue weighted by molar-refractivity contribution is 0.0787. The van der Waals surface area contributed by atoms with Crippen LogP contribution in [0.2, 0.25) is 0 Å². The van der Waals surface area contributed by atoms with Crippen molar-refractivity contribution in [1.29, 1.82) is 0 Å². The third-order valence-corrected chi connectivity index (χ3v) is 5.92. The first kappa shape index (κ1) is 21.3. The van der Waals surface area contributed by atoms with Gasteiger partial charge in [0.2, 0.25) is 0 Å². The van der Waals surface area contributed by atoms with Gasteiger partial charge < -0.3 is 19.6 Å². The fraction of sp³-hybridized carbons (Fsp3) is 0.500. The highest BCUT2D eigenvalue weighted by atomic mass is 16.3. The number of piperazine rings is 1. The molecule has 2 N–H and O–H groups in total. The molecule has 2 aliphatic heterocycles. The quantitative estimate of drug-likeness (QED) is 0.611. The van der Waals surface area contributed by atoms with Crippen molar-refractivity contribution in [1.82, 2.24) is 25.0 Å². The second-order valence-corrected chi connectivity index (χ2v) is 8.08. The van der Waals surface area contributed by atoms with E-state index in [0.717, 1.165) is 58.7 Å². The van der Waals surface area contributed by atoms with Crippen LogP contribution >= 0.6 is 0 Å². The molecule has 2 aromatic rings. The van der Waals surface area contributed by atoms with Gasteiger partial charge in [-0.3, -0.25) is 24.2 Å². The summed E-state index contributed by atoms with van der Waals surface area (Å²) in [5.41, 5.74) is 1.05. The number of aromatic amines is 1. The molecule has 4 heterocycles. The zero-order valence-electron chi connectivity index (χ0n) is 17.6. The first-order chi connectivity index (χ1) is 15.1. The number of aromatic nitrogens is 1. The standard InChI is InChI=1S/C22H29N5O4/c28-19(17-14-18(24-15-17)22(30)27-6-1-2-7-27)16-26-11-9-25(10-12-26)8-5-23-21(29)20-4-3-13-31-20/h3-4,13-15,24H,1-2,5-12,16H2,(H,23,29). The van der Waals surface area contributed by atoms with Crippen molar-refractivity contribution in [3.8, 4) is 0 Å². The predicted octanol–water partition coefficient (Wildman–Crippen LogP) is 1.07. The van der Waals surface area contributed by atoms with Crippen LogP contribution in [0, 0.1) is 0 Å². The highest BCUT2D eigenvalue weighted by Gasteiger charge is 2.23. The second-order valence-electron chi connectivity index (χ2n) is 8.08. The van der Waals surface area contributed by atoms with E-state index in [-0.39, 0.29) is 17.6 Å². The molecule has 166 valence electrons. The van der Waals surface area contributed by atoms with Crippen molar-refractivity contribution in [2.45, 2.75) is 12.8 Å². The van der Waals surface area contributed by atoms with Crippen molar-refractivity contribution in [3.63, 3.8) is 0 Å². The van der Waals surface area contributed by atoms with Gasteiger partial charge in [-0.05, 0) is 31.0 Å². The van der Waals surface area contributed by atoms with Crippen molar-refractivity contribution in [2.24, 2.45) is 0 Å². The highest BCUT2D eigenvalue weighted by Crippen LogP contribution is 2.14. The number of H-pyrrole nitrogens is 1. The van der Waals surface area contributed by atoms with Gasteiger partial charge in [-0.15, -0.1) is 0 Å². The number of ketones is 1. The molecule has 9 nitrogen and oxygen atoms in total. The van der Waals surface area contributed by atoms with Crippen molar-refractivity contribution < 1.29 is 18.8 Å². The molecule has 31 heavy (non-hydrogen) atoms. The third-order valence-electron chi connectivity index (χ3n) is 5.92. The fourth-order valence-electron chi connectivity index (χ4n) is 4.06. The maximum Gasteiger partial charge on any atom is 0.287 e. The fourth-order valence-corrected chi connectivity index (χ4v) is 4.06. The zero-order valence-corrected chi connectivity index (χ0v) is 17.6. The summed E-state index contributed by atoms with van der Waals surface area (Å²) in [6, 6.07) is 5.01. The van der Waals surface area contributed by atoms with Crippen molar-refractivity contribution >= 4 is 17.6 Å². The van der Waals surface area contributed by atoms with Crippen LogP contribution in [-0.2, 0) is 0 Å². The normalized spacial score (nSPS) is 17.7. The van der Waals surface area contributed by atoms with Crippen molar-refractivity contribution in [3.05, 3.63) is 47.7 Å². The third kappa shape index (κ3) is 5.42. The maximum atomic E-state index is 12.7. The molecule has 0 aliphatic carbocycles. The minimum absolute atomic E-state index is 0.0238. The van der Waals surface area contributed by atoms with Crippen LogP contribution < -0.4 is 5.32 Å². The minimum atomic E-state index is -0.205. The summed E-state index contributed by atoms with van der Waals surface area (Å²) in [7, 11) is 0. The van der Waals surface area contributed by atoms with E-state index in [1.54, 1.807) is 24.4 Å². The number of hydrogen-bond acceptors (Lipinski definition) is 6. The average molecular weight is 428 g/mol. The first-order valence-electron chi connectivity index (χ1n) is 10.9. The van der Waals surface area contributed by atoms with E-state index in [4.69, 9.17) is 4.42 Å². The number of nitrogens with one attached hydrogen (secondary N) is 2. The molecule has 0 spiro atoms. The number of amides is 2. The largest absolute Gasteiger partial charge is 0.459 e. The number of hydrogen-bond donors (Lipinski definition) is 2. The molecule has 9 heteroatoms. The van der Waals surface area contributed by atoms with Gasteiger partial charge in [0.1, 0.15) is 5.69 Å². The van der Waals surface area contributed by atoms with Gasteiger partial charge in [0, 0.05) is 64.1 Å². The molecule has 0 unspecified atom stereocenters. The van der Waals surface area contributed by atoms with Crippen LogP contribution in [-0.4, -0.2) is 96.2 Å². The Labute approximate surface area is 181 Å². The number of rotatable bonds is 8. The number of nitrogens with zero attached hydrogens (tertiary/aromatic N) is 3. The molecule has 0 saturated carbocycles. The lowest BCUT2D eigenvalue weighted by Crippen LogP contribution is -2.49. The molecule has 0 aromatic carbocycles. The minimum Gasteiger partial charge on any atom is -0.459 e. The lowest BCUT2D eigenvalue weighted by Gasteiger charge is -2.34. The molecular formula is C22H29N5O4. The molecule has 2 saturated heterocycles. The molecule has 2 amide bonds. The lowest BCUT2D eigenvalue weighted by atomic mass is 10.2. The molecular weight excluding hydrogens is 398 g/mol. The van der Waals surface area contributed by atoms with Gasteiger partial charge >= 0.3 is 0 Å².